The molecule has 1 unspecified atom stereocenters. The number of benzene rings is 2. The maximum Gasteiger partial charge on any atom is 0.161 e. The fraction of sp³-hybridized carbons (Fsp3) is 0.261. The Morgan fingerprint density at radius 2 is 2.00 bits per heavy atom. The molecule has 0 amide bonds. The molecule has 1 atom stereocenters. The Labute approximate surface area is 170 Å². The minimum Gasteiger partial charge on any atom is -0.493 e. The van der Waals surface area contributed by atoms with Gasteiger partial charge in [-0.05, 0) is 47.6 Å². The summed E-state index contributed by atoms with van der Waals surface area (Å²) in [5, 5.41) is 3.71. The molecule has 0 saturated heterocycles. The number of rotatable bonds is 7. The van der Waals surface area contributed by atoms with Gasteiger partial charge in [0.15, 0.2) is 11.5 Å². The van der Waals surface area contributed by atoms with E-state index in [0.29, 0.717) is 12.6 Å². The minimum atomic E-state index is 0.388. The van der Waals surface area contributed by atoms with Crippen LogP contribution in [0.3, 0.4) is 0 Å². The smallest absolute Gasteiger partial charge is 0.161 e. The van der Waals surface area contributed by atoms with Gasteiger partial charge in [0, 0.05) is 35.4 Å². The molecule has 0 saturated carbocycles. The number of thioether (sulfide) groups is 1. The maximum absolute atomic E-state index is 6.01. The van der Waals surface area contributed by atoms with Gasteiger partial charge < -0.3 is 14.8 Å². The number of nitrogens with one attached hydrogen (secondary N) is 1. The van der Waals surface area contributed by atoms with Gasteiger partial charge in [0.1, 0.15) is 6.61 Å². The first-order valence-corrected chi connectivity index (χ1v) is 10.5. The van der Waals surface area contributed by atoms with E-state index < -0.39 is 0 Å². The van der Waals surface area contributed by atoms with E-state index in [0.717, 1.165) is 35.8 Å². The van der Waals surface area contributed by atoms with Crippen LogP contribution >= 0.6 is 11.8 Å². The van der Waals surface area contributed by atoms with Gasteiger partial charge in [-0.15, -0.1) is 11.8 Å². The lowest BCUT2D eigenvalue weighted by molar-refractivity contribution is 0.283. The van der Waals surface area contributed by atoms with Crippen molar-refractivity contribution < 1.29 is 9.47 Å². The number of methoxy groups -OCH3 is 1. The van der Waals surface area contributed by atoms with Crippen molar-refractivity contribution in [2.75, 3.05) is 12.9 Å². The number of nitrogens with zero attached hydrogens (tertiary/aromatic N) is 1. The topological polar surface area (TPSA) is 43.4 Å². The second-order valence-electron chi connectivity index (χ2n) is 6.74. The maximum atomic E-state index is 6.01. The second kappa shape index (κ2) is 9.13. The molecule has 4 nitrogen and oxygen atoms in total. The van der Waals surface area contributed by atoms with Gasteiger partial charge >= 0.3 is 0 Å². The van der Waals surface area contributed by atoms with Crippen molar-refractivity contribution in [3.63, 3.8) is 0 Å². The quantitative estimate of drug-likeness (QED) is 0.613. The SMILES string of the molecule is COc1ccc(CNC2CCSc3ccccc32)cc1OCc1cccnc1. The van der Waals surface area contributed by atoms with Crippen LogP contribution in [0.25, 0.3) is 0 Å². The van der Waals surface area contributed by atoms with Gasteiger partial charge in [-0.1, -0.05) is 30.3 Å². The van der Waals surface area contributed by atoms with Crippen LogP contribution in [-0.4, -0.2) is 17.8 Å². The van der Waals surface area contributed by atoms with Crippen molar-refractivity contribution in [1.29, 1.82) is 0 Å². The van der Waals surface area contributed by atoms with Gasteiger partial charge in [0.25, 0.3) is 0 Å². The zero-order chi connectivity index (χ0) is 19.2. The zero-order valence-electron chi connectivity index (χ0n) is 15.9. The molecule has 1 aliphatic rings. The molecule has 0 bridgehead atoms. The van der Waals surface area contributed by atoms with E-state index in [4.69, 9.17) is 9.47 Å². The normalized spacial score (nSPS) is 15.7. The standard InChI is InChI=1S/C23H24N2O2S/c1-26-21-9-8-17(13-22(21)27-16-18-5-4-11-24-14-18)15-25-20-10-12-28-23-7-3-2-6-19(20)23/h2-9,11,13-14,20,25H,10,12,15-16H2,1H3. The summed E-state index contributed by atoms with van der Waals surface area (Å²) in [5.41, 5.74) is 3.61. The molecule has 5 heteroatoms. The number of hydrogen-bond acceptors (Lipinski definition) is 5. The number of fused-ring (bicyclic) bond motifs is 1. The molecule has 28 heavy (non-hydrogen) atoms. The van der Waals surface area contributed by atoms with Crippen molar-refractivity contribution in [3.8, 4) is 11.5 Å². The fourth-order valence-electron chi connectivity index (χ4n) is 3.38. The highest BCUT2D eigenvalue weighted by atomic mass is 32.2. The van der Waals surface area contributed by atoms with E-state index in [-0.39, 0.29) is 0 Å². The molecule has 0 radical (unpaired) electrons. The second-order valence-corrected chi connectivity index (χ2v) is 7.88. The first-order chi connectivity index (χ1) is 13.8. The Kier molecular flexibility index (Phi) is 6.14. The Bertz CT molecular complexity index is 917. The van der Waals surface area contributed by atoms with E-state index in [9.17, 15) is 0 Å². The van der Waals surface area contributed by atoms with Gasteiger partial charge in [0.2, 0.25) is 0 Å². The first-order valence-electron chi connectivity index (χ1n) is 9.47. The van der Waals surface area contributed by atoms with E-state index in [1.54, 1.807) is 13.3 Å². The van der Waals surface area contributed by atoms with Crippen molar-refractivity contribution in [2.45, 2.75) is 30.5 Å². The number of aromatic nitrogens is 1. The molecule has 1 aromatic heterocycles. The summed E-state index contributed by atoms with van der Waals surface area (Å²) < 4.78 is 11.5. The molecule has 2 heterocycles. The third kappa shape index (κ3) is 4.49. The Hall–Kier alpha value is -2.50. The van der Waals surface area contributed by atoms with E-state index in [2.05, 4.69) is 46.7 Å². The summed E-state index contributed by atoms with van der Waals surface area (Å²) in [6, 6.07) is 19.1. The lowest BCUT2D eigenvalue weighted by atomic mass is 10.0. The molecule has 1 N–H and O–H groups in total. The molecule has 3 aromatic rings. The van der Waals surface area contributed by atoms with Crippen LogP contribution in [0.15, 0.2) is 71.9 Å². The van der Waals surface area contributed by atoms with E-state index >= 15 is 0 Å². The summed E-state index contributed by atoms with van der Waals surface area (Å²) >= 11 is 1.94. The molecule has 0 fully saturated rings. The van der Waals surface area contributed by atoms with E-state index in [1.165, 1.54) is 16.0 Å². The largest absolute Gasteiger partial charge is 0.493 e. The first kappa shape index (κ1) is 18.8. The van der Waals surface area contributed by atoms with Gasteiger partial charge in [-0.25, -0.2) is 0 Å². The number of ether oxygens (including phenoxy) is 2. The van der Waals surface area contributed by atoms with Crippen LogP contribution in [0.1, 0.15) is 29.2 Å². The predicted molar refractivity (Wildman–Crippen MR) is 113 cm³/mol. The summed E-state index contributed by atoms with van der Waals surface area (Å²) in [6.45, 7) is 1.26. The minimum absolute atomic E-state index is 0.388. The Morgan fingerprint density at radius 1 is 1.07 bits per heavy atom. The number of pyridine rings is 1. The molecular formula is C23H24N2O2S. The number of hydrogen-bond donors (Lipinski definition) is 1. The van der Waals surface area contributed by atoms with Gasteiger partial charge in [-0.3, -0.25) is 4.98 Å². The van der Waals surface area contributed by atoms with Crippen LogP contribution < -0.4 is 14.8 Å². The third-order valence-electron chi connectivity index (χ3n) is 4.86. The van der Waals surface area contributed by atoms with Crippen molar-refractivity contribution >= 4 is 11.8 Å². The monoisotopic (exact) mass is 392 g/mol. The lowest BCUT2D eigenvalue weighted by Crippen LogP contribution is -2.24. The van der Waals surface area contributed by atoms with Gasteiger partial charge in [-0.2, -0.15) is 0 Å². The average molecular weight is 393 g/mol. The molecule has 0 aliphatic carbocycles. The van der Waals surface area contributed by atoms with Gasteiger partial charge in [0.05, 0.1) is 7.11 Å². The zero-order valence-corrected chi connectivity index (χ0v) is 16.7. The van der Waals surface area contributed by atoms with Crippen molar-refractivity contribution in [2.24, 2.45) is 0 Å². The van der Waals surface area contributed by atoms with Crippen LogP contribution in [-0.2, 0) is 13.2 Å². The highest BCUT2D eigenvalue weighted by Crippen LogP contribution is 2.36. The Balaban J connectivity index is 1.44. The average Bonchev–Trinajstić information content (AvgIpc) is 2.77. The van der Waals surface area contributed by atoms with E-state index in [1.807, 2.05) is 36.2 Å². The van der Waals surface area contributed by atoms with Crippen LogP contribution in [0.5, 0.6) is 11.5 Å². The van der Waals surface area contributed by atoms with Crippen molar-refractivity contribution in [1.82, 2.24) is 10.3 Å². The summed E-state index contributed by atoms with van der Waals surface area (Å²) in [7, 11) is 1.67. The molecule has 144 valence electrons. The summed E-state index contributed by atoms with van der Waals surface area (Å²) in [5.74, 6) is 2.65. The third-order valence-corrected chi connectivity index (χ3v) is 5.98. The molecule has 2 aromatic carbocycles. The Morgan fingerprint density at radius 3 is 2.86 bits per heavy atom. The lowest BCUT2D eigenvalue weighted by Gasteiger charge is -2.26. The van der Waals surface area contributed by atoms with Crippen LogP contribution in [0, 0.1) is 0 Å². The molecule has 1 aliphatic heterocycles. The summed E-state index contributed by atoms with van der Waals surface area (Å²) in [4.78, 5) is 5.52. The highest BCUT2D eigenvalue weighted by molar-refractivity contribution is 7.99. The van der Waals surface area contributed by atoms with Crippen LogP contribution in [0.2, 0.25) is 0 Å². The molecular weight excluding hydrogens is 368 g/mol. The molecule has 4 rings (SSSR count). The van der Waals surface area contributed by atoms with Crippen LogP contribution in [0.4, 0.5) is 0 Å². The summed E-state index contributed by atoms with van der Waals surface area (Å²) in [6.07, 6.45) is 4.72. The van der Waals surface area contributed by atoms with Crippen molar-refractivity contribution in [3.05, 3.63) is 83.7 Å². The highest BCUT2D eigenvalue weighted by Gasteiger charge is 2.19. The fourth-order valence-corrected chi connectivity index (χ4v) is 4.51. The predicted octanol–water partition coefficient (Wildman–Crippen LogP) is 5.00. The molecule has 0 spiro atoms.